The molecule has 21 heavy (non-hydrogen) atoms. The van der Waals surface area contributed by atoms with Crippen molar-refractivity contribution in [3.05, 3.63) is 57.8 Å². The highest BCUT2D eigenvalue weighted by Gasteiger charge is 2.15. The molecule has 7 nitrogen and oxygen atoms in total. The van der Waals surface area contributed by atoms with Gasteiger partial charge in [0.2, 0.25) is 0 Å². The van der Waals surface area contributed by atoms with Crippen molar-refractivity contribution >= 4 is 28.5 Å². The van der Waals surface area contributed by atoms with Crippen LogP contribution < -0.4 is 0 Å². The number of hydrogen-bond acceptors (Lipinski definition) is 5. The lowest BCUT2D eigenvalue weighted by molar-refractivity contribution is -0.384. The number of imidazole rings is 1. The van der Waals surface area contributed by atoms with Gasteiger partial charge < -0.3 is 4.57 Å². The summed E-state index contributed by atoms with van der Waals surface area (Å²) in [6, 6.07) is 6.32. The number of aromatic nitrogens is 4. The van der Waals surface area contributed by atoms with Gasteiger partial charge in [-0.3, -0.25) is 10.1 Å². The van der Waals surface area contributed by atoms with Gasteiger partial charge in [0.25, 0.3) is 5.69 Å². The van der Waals surface area contributed by atoms with Gasteiger partial charge in [-0.15, -0.1) is 0 Å². The molecule has 0 N–H and O–H groups in total. The highest BCUT2D eigenvalue weighted by Crippen LogP contribution is 2.25. The van der Waals surface area contributed by atoms with Crippen LogP contribution in [0.2, 0.25) is 5.15 Å². The molecule has 3 rings (SSSR count). The molecule has 2 aromatic heterocycles. The first-order chi connectivity index (χ1) is 10.1. The molecule has 0 aliphatic rings. The standard InChI is InChI=1S/C13H10ClN5O2/c1-8(9-2-4-10(5-3-9)19(20)21)18-7-17-11-12(14)15-6-16-13(11)18/h2-8H,1H3. The van der Waals surface area contributed by atoms with Gasteiger partial charge in [-0.2, -0.15) is 0 Å². The van der Waals surface area contributed by atoms with E-state index in [0.29, 0.717) is 16.3 Å². The van der Waals surface area contributed by atoms with Crippen LogP contribution in [-0.4, -0.2) is 24.4 Å². The average molecular weight is 304 g/mol. The number of nitro benzene ring substituents is 1. The summed E-state index contributed by atoms with van der Waals surface area (Å²) in [4.78, 5) is 22.5. The van der Waals surface area contributed by atoms with Crippen LogP contribution in [0, 0.1) is 10.1 Å². The maximum absolute atomic E-state index is 10.7. The Morgan fingerprint density at radius 3 is 2.62 bits per heavy atom. The smallest absolute Gasteiger partial charge is 0.269 e. The van der Waals surface area contributed by atoms with Gasteiger partial charge in [0.15, 0.2) is 10.8 Å². The highest BCUT2D eigenvalue weighted by atomic mass is 35.5. The fourth-order valence-electron chi connectivity index (χ4n) is 2.14. The van der Waals surface area contributed by atoms with E-state index in [2.05, 4.69) is 15.0 Å². The lowest BCUT2D eigenvalue weighted by Gasteiger charge is -2.14. The van der Waals surface area contributed by atoms with Gasteiger partial charge in [0.05, 0.1) is 17.3 Å². The molecule has 0 bridgehead atoms. The summed E-state index contributed by atoms with van der Waals surface area (Å²) in [6.45, 7) is 1.96. The summed E-state index contributed by atoms with van der Waals surface area (Å²) in [5, 5.41) is 11.0. The summed E-state index contributed by atoms with van der Waals surface area (Å²) in [5.74, 6) is 0. The number of hydrogen-bond donors (Lipinski definition) is 0. The maximum Gasteiger partial charge on any atom is 0.269 e. The summed E-state index contributed by atoms with van der Waals surface area (Å²) >= 11 is 5.97. The van der Waals surface area contributed by atoms with Gasteiger partial charge in [0, 0.05) is 12.1 Å². The number of rotatable bonds is 3. The second-order valence-corrected chi connectivity index (χ2v) is 4.87. The molecular formula is C13H10ClN5O2. The maximum atomic E-state index is 10.7. The third-order valence-electron chi connectivity index (χ3n) is 3.32. The van der Waals surface area contributed by atoms with Crippen LogP contribution in [0.1, 0.15) is 18.5 Å². The Bertz CT molecular complexity index is 815. The molecule has 2 heterocycles. The summed E-state index contributed by atoms with van der Waals surface area (Å²) in [6.07, 6.45) is 3.02. The quantitative estimate of drug-likeness (QED) is 0.422. The molecule has 0 saturated heterocycles. The predicted molar refractivity (Wildman–Crippen MR) is 77.2 cm³/mol. The van der Waals surface area contributed by atoms with Crippen molar-refractivity contribution < 1.29 is 4.92 Å². The fraction of sp³-hybridized carbons (Fsp3) is 0.154. The lowest BCUT2D eigenvalue weighted by Crippen LogP contribution is -2.06. The molecule has 0 fully saturated rings. The summed E-state index contributed by atoms with van der Waals surface area (Å²) in [7, 11) is 0. The molecule has 0 aliphatic carbocycles. The number of benzene rings is 1. The predicted octanol–water partition coefficient (Wildman–Crippen LogP) is 3.00. The average Bonchev–Trinajstić information content (AvgIpc) is 2.92. The molecule has 0 aliphatic heterocycles. The summed E-state index contributed by atoms with van der Waals surface area (Å²) < 4.78 is 1.85. The van der Waals surface area contributed by atoms with E-state index in [1.807, 2.05) is 11.5 Å². The zero-order valence-corrected chi connectivity index (χ0v) is 11.7. The van der Waals surface area contributed by atoms with Crippen LogP contribution in [0.15, 0.2) is 36.9 Å². The molecular weight excluding hydrogens is 294 g/mol. The van der Waals surface area contributed by atoms with Crippen molar-refractivity contribution in [1.82, 2.24) is 19.5 Å². The van der Waals surface area contributed by atoms with Crippen molar-refractivity contribution in [3.63, 3.8) is 0 Å². The molecule has 0 saturated carbocycles. The lowest BCUT2D eigenvalue weighted by atomic mass is 10.1. The summed E-state index contributed by atoms with van der Waals surface area (Å²) in [5.41, 5.74) is 2.13. The molecule has 0 radical (unpaired) electrons. The number of nitro groups is 1. The molecule has 1 atom stereocenters. The van der Waals surface area contributed by atoms with Crippen LogP contribution in [0.4, 0.5) is 5.69 Å². The first-order valence-electron chi connectivity index (χ1n) is 6.15. The van der Waals surface area contributed by atoms with E-state index in [4.69, 9.17) is 11.6 Å². The second kappa shape index (κ2) is 5.10. The van der Waals surface area contributed by atoms with Gasteiger partial charge in [0.1, 0.15) is 11.8 Å². The van der Waals surface area contributed by atoms with Gasteiger partial charge >= 0.3 is 0 Å². The monoisotopic (exact) mass is 303 g/mol. The zero-order valence-electron chi connectivity index (χ0n) is 11.0. The number of non-ortho nitro benzene ring substituents is 1. The first-order valence-corrected chi connectivity index (χ1v) is 6.53. The van der Waals surface area contributed by atoms with E-state index < -0.39 is 4.92 Å². The van der Waals surface area contributed by atoms with Crippen LogP contribution in [0.3, 0.4) is 0 Å². The Hall–Kier alpha value is -2.54. The largest absolute Gasteiger partial charge is 0.308 e. The second-order valence-electron chi connectivity index (χ2n) is 4.51. The van der Waals surface area contributed by atoms with Crippen LogP contribution in [0.25, 0.3) is 11.2 Å². The molecule has 8 heteroatoms. The Balaban J connectivity index is 2.02. The molecule has 0 amide bonds. The third-order valence-corrected chi connectivity index (χ3v) is 3.59. The van der Waals surface area contributed by atoms with Crippen LogP contribution in [0.5, 0.6) is 0 Å². The Morgan fingerprint density at radius 2 is 1.95 bits per heavy atom. The first kappa shape index (κ1) is 13.4. The Labute approximate surface area is 124 Å². The van der Waals surface area contributed by atoms with Gasteiger partial charge in [-0.25, -0.2) is 15.0 Å². The van der Waals surface area contributed by atoms with E-state index in [9.17, 15) is 10.1 Å². The Morgan fingerprint density at radius 1 is 1.24 bits per heavy atom. The molecule has 0 spiro atoms. The minimum Gasteiger partial charge on any atom is -0.308 e. The number of fused-ring (bicyclic) bond motifs is 1. The minimum absolute atomic E-state index is 0.0619. The van der Waals surface area contributed by atoms with Crippen molar-refractivity contribution in [2.45, 2.75) is 13.0 Å². The van der Waals surface area contributed by atoms with E-state index in [-0.39, 0.29) is 11.7 Å². The van der Waals surface area contributed by atoms with Crippen molar-refractivity contribution in [2.24, 2.45) is 0 Å². The third kappa shape index (κ3) is 2.31. The fourth-order valence-corrected chi connectivity index (χ4v) is 2.32. The van der Waals surface area contributed by atoms with E-state index in [0.717, 1.165) is 5.56 Å². The molecule has 106 valence electrons. The van der Waals surface area contributed by atoms with Gasteiger partial charge in [-0.05, 0) is 12.5 Å². The highest BCUT2D eigenvalue weighted by molar-refractivity contribution is 6.33. The van der Waals surface area contributed by atoms with E-state index in [1.165, 1.54) is 18.5 Å². The molecule has 3 aromatic rings. The number of nitrogens with zero attached hydrogens (tertiary/aromatic N) is 5. The van der Waals surface area contributed by atoms with Gasteiger partial charge in [-0.1, -0.05) is 23.7 Å². The number of halogens is 1. The molecule has 1 unspecified atom stereocenters. The topological polar surface area (TPSA) is 86.7 Å². The van der Waals surface area contributed by atoms with Crippen molar-refractivity contribution in [1.29, 1.82) is 0 Å². The Kier molecular flexibility index (Phi) is 3.26. The van der Waals surface area contributed by atoms with Crippen LogP contribution >= 0.6 is 11.6 Å². The minimum atomic E-state index is -0.423. The van der Waals surface area contributed by atoms with Crippen molar-refractivity contribution in [3.8, 4) is 0 Å². The van der Waals surface area contributed by atoms with Crippen LogP contribution in [-0.2, 0) is 0 Å². The SMILES string of the molecule is CC(c1ccc([N+](=O)[O-])cc1)n1cnc2c(Cl)ncnc21. The van der Waals surface area contributed by atoms with E-state index in [1.54, 1.807) is 18.5 Å². The van der Waals surface area contributed by atoms with Crippen molar-refractivity contribution in [2.75, 3.05) is 0 Å². The zero-order chi connectivity index (χ0) is 15.0. The normalized spacial score (nSPS) is 12.5. The molecule has 1 aromatic carbocycles. The van der Waals surface area contributed by atoms with E-state index >= 15 is 0 Å².